The number of halogens is 1. The van der Waals surface area contributed by atoms with Crippen LogP contribution in [0.4, 0.5) is 21.5 Å². The fourth-order valence-electron chi connectivity index (χ4n) is 3.42. The van der Waals surface area contributed by atoms with E-state index in [4.69, 9.17) is 0 Å². The summed E-state index contributed by atoms with van der Waals surface area (Å²) in [5.74, 6) is -0.903. The van der Waals surface area contributed by atoms with Crippen molar-refractivity contribution in [1.29, 1.82) is 0 Å². The molecule has 0 radical (unpaired) electrons. The predicted octanol–water partition coefficient (Wildman–Crippen LogP) is 4.01. The normalized spacial score (nSPS) is 13.8. The quantitative estimate of drug-likeness (QED) is 0.590. The Labute approximate surface area is 184 Å². The number of sulfonamides is 1. The largest absolute Gasteiger partial charge is 0.322 e. The molecule has 4 rings (SSSR count). The van der Waals surface area contributed by atoms with Gasteiger partial charge in [-0.3, -0.25) is 14.3 Å². The smallest absolute Gasteiger partial charge is 0.261 e. The van der Waals surface area contributed by atoms with Crippen LogP contribution in [-0.4, -0.2) is 26.8 Å². The molecule has 7 nitrogen and oxygen atoms in total. The fourth-order valence-corrected chi connectivity index (χ4v) is 4.47. The van der Waals surface area contributed by atoms with Crippen molar-refractivity contribution in [2.45, 2.75) is 17.7 Å². The number of hydrogen-bond acceptors (Lipinski definition) is 4. The molecule has 9 heteroatoms. The van der Waals surface area contributed by atoms with Crippen LogP contribution in [-0.2, 0) is 14.8 Å². The average molecular weight is 453 g/mol. The van der Waals surface area contributed by atoms with Gasteiger partial charge in [0.15, 0.2) is 0 Å². The molecule has 2 N–H and O–H groups in total. The number of rotatable bonds is 6. The van der Waals surface area contributed by atoms with Crippen molar-refractivity contribution < 1.29 is 22.4 Å². The van der Waals surface area contributed by atoms with Crippen LogP contribution in [0.15, 0.2) is 77.7 Å². The molecule has 0 atom stereocenters. The van der Waals surface area contributed by atoms with Crippen molar-refractivity contribution in [3.8, 4) is 0 Å². The summed E-state index contributed by atoms with van der Waals surface area (Å²) in [5.41, 5.74) is 1.57. The number of nitrogens with zero attached hydrogens (tertiary/aromatic N) is 1. The van der Waals surface area contributed by atoms with Crippen molar-refractivity contribution in [2.75, 3.05) is 21.5 Å². The van der Waals surface area contributed by atoms with Crippen molar-refractivity contribution in [1.82, 2.24) is 0 Å². The zero-order valence-electron chi connectivity index (χ0n) is 16.9. The standard InChI is InChI=1S/C23H20FN3O4S/c24-17-5-2-6-19(15-17)26-32(30,31)21-11-9-18(10-12-21)25-23(29)16-4-1-7-20(14-16)27-13-3-8-22(27)28/h1-2,4-7,9-12,14-15,26H,3,8,13H2,(H,25,29). The highest BCUT2D eigenvalue weighted by Crippen LogP contribution is 2.23. The van der Waals surface area contributed by atoms with Gasteiger partial charge in [-0.05, 0) is 67.1 Å². The summed E-state index contributed by atoms with van der Waals surface area (Å²) >= 11 is 0. The van der Waals surface area contributed by atoms with Crippen molar-refractivity contribution in [3.05, 3.63) is 84.2 Å². The first kappa shape index (κ1) is 21.5. The van der Waals surface area contributed by atoms with E-state index in [9.17, 15) is 22.4 Å². The van der Waals surface area contributed by atoms with Gasteiger partial charge in [0.1, 0.15) is 5.82 Å². The molecule has 0 aromatic heterocycles. The second-order valence-corrected chi connectivity index (χ2v) is 8.98. The van der Waals surface area contributed by atoms with Crippen LogP contribution in [0, 0.1) is 5.82 Å². The van der Waals surface area contributed by atoms with Gasteiger partial charge in [0, 0.05) is 29.9 Å². The molecule has 0 spiro atoms. The second-order valence-electron chi connectivity index (χ2n) is 7.29. The third-order valence-electron chi connectivity index (χ3n) is 4.99. The summed E-state index contributed by atoms with van der Waals surface area (Å²) in [7, 11) is -3.91. The van der Waals surface area contributed by atoms with Crippen LogP contribution in [0.5, 0.6) is 0 Å². The van der Waals surface area contributed by atoms with Crippen LogP contribution < -0.4 is 14.9 Å². The molecule has 0 bridgehead atoms. The lowest BCUT2D eigenvalue weighted by molar-refractivity contribution is -0.117. The maximum absolute atomic E-state index is 13.3. The molecule has 1 heterocycles. The van der Waals surface area contributed by atoms with Gasteiger partial charge < -0.3 is 10.2 Å². The van der Waals surface area contributed by atoms with Crippen molar-refractivity contribution in [2.24, 2.45) is 0 Å². The highest BCUT2D eigenvalue weighted by atomic mass is 32.2. The minimum absolute atomic E-state index is 0.0331. The van der Waals surface area contributed by atoms with Crippen molar-refractivity contribution >= 4 is 38.9 Å². The van der Waals surface area contributed by atoms with Crippen LogP contribution in [0.25, 0.3) is 0 Å². The van der Waals surface area contributed by atoms with E-state index in [1.54, 1.807) is 29.2 Å². The van der Waals surface area contributed by atoms with E-state index >= 15 is 0 Å². The monoisotopic (exact) mass is 453 g/mol. The molecule has 0 saturated carbocycles. The summed E-state index contributed by atoms with van der Waals surface area (Å²) in [6, 6.07) is 17.5. The third kappa shape index (κ3) is 4.78. The molecular weight excluding hydrogens is 433 g/mol. The van der Waals surface area contributed by atoms with Gasteiger partial charge in [-0.2, -0.15) is 0 Å². The van der Waals surface area contributed by atoms with Gasteiger partial charge in [-0.15, -0.1) is 0 Å². The maximum Gasteiger partial charge on any atom is 0.261 e. The first-order valence-electron chi connectivity index (χ1n) is 9.92. The van der Waals surface area contributed by atoms with E-state index in [1.165, 1.54) is 42.5 Å². The SMILES string of the molecule is O=C(Nc1ccc(S(=O)(=O)Nc2cccc(F)c2)cc1)c1cccc(N2CCCC2=O)c1. The molecule has 0 aliphatic carbocycles. The fraction of sp³-hybridized carbons (Fsp3) is 0.130. The third-order valence-corrected chi connectivity index (χ3v) is 6.39. The topological polar surface area (TPSA) is 95.6 Å². The van der Waals surface area contributed by atoms with E-state index in [0.717, 1.165) is 12.5 Å². The van der Waals surface area contributed by atoms with Gasteiger partial charge in [-0.25, -0.2) is 12.8 Å². The van der Waals surface area contributed by atoms with Gasteiger partial charge in [0.25, 0.3) is 15.9 Å². The van der Waals surface area contributed by atoms with Gasteiger partial charge in [0.2, 0.25) is 5.91 Å². The minimum atomic E-state index is -3.91. The lowest BCUT2D eigenvalue weighted by Gasteiger charge is -2.16. The van der Waals surface area contributed by atoms with E-state index in [2.05, 4.69) is 10.0 Å². The molecular formula is C23H20FN3O4S. The Kier molecular flexibility index (Phi) is 5.91. The van der Waals surface area contributed by atoms with Crippen LogP contribution >= 0.6 is 0 Å². The van der Waals surface area contributed by atoms with Crippen LogP contribution in [0.3, 0.4) is 0 Å². The predicted molar refractivity (Wildman–Crippen MR) is 120 cm³/mol. The minimum Gasteiger partial charge on any atom is -0.322 e. The Balaban J connectivity index is 1.45. The second kappa shape index (κ2) is 8.80. The Morgan fingerprint density at radius 2 is 1.69 bits per heavy atom. The van der Waals surface area contributed by atoms with E-state index in [0.29, 0.717) is 29.9 Å². The maximum atomic E-state index is 13.3. The first-order chi connectivity index (χ1) is 15.3. The number of anilines is 3. The highest BCUT2D eigenvalue weighted by Gasteiger charge is 2.22. The van der Waals surface area contributed by atoms with Crippen LogP contribution in [0.1, 0.15) is 23.2 Å². The van der Waals surface area contributed by atoms with Gasteiger partial charge in [-0.1, -0.05) is 12.1 Å². The molecule has 32 heavy (non-hydrogen) atoms. The summed E-state index contributed by atoms with van der Waals surface area (Å²) in [6.45, 7) is 0.628. The number of carbonyl (C=O) groups is 2. The summed E-state index contributed by atoms with van der Waals surface area (Å²) in [5, 5.41) is 2.72. The Bertz CT molecular complexity index is 1280. The molecule has 0 unspecified atom stereocenters. The highest BCUT2D eigenvalue weighted by molar-refractivity contribution is 7.92. The molecule has 3 aromatic carbocycles. The van der Waals surface area contributed by atoms with E-state index in [-0.39, 0.29) is 22.4 Å². The summed E-state index contributed by atoms with van der Waals surface area (Å²) in [6.07, 6.45) is 1.29. The Morgan fingerprint density at radius 3 is 2.38 bits per heavy atom. The van der Waals surface area contributed by atoms with Crippen LogP contribution in [0.2, 0.25) is 0 Å². The Morgan fingerprint density at radius 1 is 0.938 bits per heavy atom. The number of amides is 2. The summed E-state index contributed by atoms with van der Waals surface area (Å²) in [4.78, 5) is 26.2. The number of nitrogens with one attached hydrogen (secondary N) is 2. The first-order valence-corrected chi connectivity index (χ1v) is 11.4. The number of benzene rings is 3. The van der Waals surface area contributed by atoms with Gasteiger partial charge in [0.05, 0.1) is 10.6 Å². The lowest BCUT2D eigenvalue weighted by Crippen LogP contribution is -2.24. The van der Waals surface area contributed by atoms with E-state index < -0.39 is 15.8 Å². The molecule has 1 aliphatic heterocycles. The number of carbonyl (C=O) groups excluding carboxylic acids is 2. The number of hydrogen-bond donors (Lipinski definition) is 2. The molecule has 1 aliphatic rings. The Hall–Kier alpha value is -3.72. The average Bonchev–Trinajstić information content (AvgIpc) is 3.20. The molecule has 2 amide bonds. The molecule has 164 valence electrons. The molecule has 1 saturated heterocycles. The molecule has 3 aromatic rings. The summed E-state index contributed by atoms with van der Waals surface area (Å²) < 4.78 is 40.6. The van der Waals surface area contributed by atoms with E-state index in [1.807, 2.05) is 0 Å². The zero-order valence-corrected chi connectivity index (χ0v) is 17.7. The zero-order chi connectivity index (χ0) is 22.7. The van der Waals surface area contributed by atoms with Gasteiger partial charge >= 0.3 is 0 Å². The van der Waals surface area contributed by atoms with Crippen molar-refractivity contribution in [3.63, 3.8) is 0 Å². The molecule has 1 fully saturated rings. The lowest BCUT2D eigenvalue weighted by atomic mass is 10.1.